The Hall–Kier alpha value is -3.02. The topological polar surface area (TPSA) is 53.7 Å². The zero-order valence-electron chi connectivity index (χ0n) is 22.7. The Morgan fingerprint density at radius 3 is 2.18 bits per heavy atom. The quantitative estimate of drug-likeness (QED) is 0.176. The van der Waals surface area contributed by atoms with Crippen molar-refractivity contribution < 1.29 is 14.2 Å². The first-order chi connectivity index (χ1) is 18.9. The molecule has 0 aliphatic rings. The van der Waals surface area contributed by atoms with E-state index in [1.54, 1.807) is 7.11 Å². The highest BCUT2D eigenvalue weighted by molar-refractivity contribution is 6.37. The summed E-state index contributed by atoms with van der Waals surface area (Å²) in [5, 5.41) is 0.999. The molecular formula is C33H35Cl2NO3. The summed E-state index contributed by atoms with van der Waals surface area (Å²) in [4.78, 5) is 0. The molecule has 0 aromatic heterocycles. The summed E-state index contributed by atoms with van der Waals surface area (Å²) in [6.07, 6.45) is 0.852. The molecule has 0 spiro atoms. The number of aryl methyl sites for hydroxylation is 2. The number of hydrogen-bond acceptors (Lipinski definition) is 4. The fourth-order valence-corrected chi connectivity index (χ4v) is 5.54. The van der Waals surface area contributed by atoms with E-state index in [0.29, 0.717) is 42.2 Å². The van der Waals surface area contributed by atoms with Gasteiger partial charge in [-0.2, -0.15) is 0 Å². The minimum Gasteiger partial charge on any atom is -0.490 e. The van der Waals surface area contributed by atoms with Crippen LogP contribution in [-0.2, 0) is 17.8 Å². The van der Waals surface area contributed by atoms with E-state index < -0.39 is 0 Å². The largest absolute Gasteiger partial charge is 0.490 e. The number of methoxy groups -OCH3 is 1. The van der Waals surface area contributed by atoms with Crippen molar-refractivity contribution >= 4 is 23.2 Å². The molecule has 1 atom stereocenters. The van der Waals surface area contributed by atoms with Crippen molar-refractivity contribution in [3.8, 4) is 22.6 Å². The lowest BCUT2D eigenvalue weighted by Gasteiger charge is -2.19. The van der Waals surface area contributed by atoms with Gasteiger partial charge in [-0.3, -0.25) is 0 Å². The average Bonchev–Trinajstić information content (AvgIpc) is 2.92. The van der Waals surface area contributed by atoms with Gasteiger partial charge in [-0.1, -0.05) is 77.8 Å². The van der Waals surface area contributed by atoms with Crippen molar-refractivity contribution in [3.63, 3.8) is 0 Å². The third-order valence-electron chi connectivity index (χ3n) is 6.77. The van der Waals surface area contributed by atoms with Crippen molar-refractivity contribution in [3.05, 3.63) is 117 Å². The molecule has 0 heterocycles. The van der Waals surface area contributed by atoms with E-state index in [4.69, 9.17) is 43.1 Å². The molecule has 204 valence electrons. The van der Waals surface area contributed by atoms with Gasteiger partial charge in [0.15, 0.2) is 5.75 Å². The van der Waals surface area contributed by atoms with Gasteiger partial charge < -0.3 is 19.9 Å². The molecule has 0 bridgehead atoms. The third kappa shape index (κ3) is 7.55. The number of benzene rings is 4. The molecule has 0 saturated carbocycles. The predicted molar refractivity (Wildman–Crippen MR) is 161 cm³/mol. The minimum absolute atomic E-state index is 0.220. The molecule has 0 radical (unpaired) electrons. The Morgan fingerprint density at radius 1 is 0.821 bits per heavy atom. The highest BCUT2D eigenvalue weighted by atomic mass is 35.5. The van der Waals surface area contributed by atoms with Crippen LogP contribution in [0.1, 0.15) is 33.7 Å². The summed E-state index contributed by atoms with van der Waals surface area (Å²) in [7, 11) is 1.73. The summed E-state index contributed by atoms with van der Waals surface area (Å²) in [5.41, 5.74) is 14.5. The maximum Gasteiger partial charge on any atom is 0.156 e. The SMILES string of the molecule is COCc1ccccc1-c1ccc(C(CN)Cc2ccc(OCCOc3c(Cl)cc(C)cc3Cl)cc2)c(C)c1. The van der Waals surface area contributed by atoms with Gasteiger partial charge in [0, 0.05) is 13.0 Å². The normalized spacial score (nSPS) is 11.8. The maximum atomic E-state index is 6.25. The Balaban J connectivity index is 1.35. The molecule has 4 aromatic carbocycles. The number of rotatable bonds is 12. The predicted octanol–water partition coefficient (Wildman–Crippen LogP) is 8.17. The number of halogens is 2. The summed E-state index contributed by atoms with van der Waals surface area (Å²) < 4.78 is 17.0. The van der Waals surface area contributed by atoms with Crippen molar-refractivity contribution in [1.82, 2.24) is 0 Å². The molecule has 39 heavy (non-hydrogen) atoms. The maximum absolute atomic E-state index is 6.25. The van der Waals surface area contributed by atoms with E-state index in [1.165, 1.54) is 33.4 Å². The second kappa shape index (κ2) is 13.9. The highest BCUT2D eigenvalue weighted by Gasteiger charge is 2.15. The molecule has 4 aromatic rings. The molecule has 0 fully saturated rings. The molecule has 4 nitrogen and oxygen atoms in total. The second-order valence-corrected chi connectivity index (χ2v) is 10.5. The first kappa shape index (κ1) is 29.0. The van der Waals surface area contributed by atoms with Crippen molar-refractivity contribution in [1.29, 1.82) is 0 Å². The van der Waals surface area contributed by atoms with Crippen LogP contribution >= 0.6 is 23.2 Å². The Bertz CT molecular complexity index is 1370. The zero-order valence-corrected chi connectivity index (χ0v) is 24.2. The van der Waals surface area contributed by atoms with Crippen LogP contribution in [0.5, 0.6) is 11.5 Å². The van der Waals surface area contributed by atoms with Crippen LogP contribution in [0.4, 0.5) is 0 Å². The van der Waals surface area contributed by atoms with Gasteiger partial charge >= 0.3 is 0 Å². The molecular weight excluding hydrogens is 529 g/mol. The standard InChI is InChI=1S/C33H35Cl2NO3/c1-22-16-31(34)33(32(35)17-22)39-15-14-38-28-11-8-24(9-12-28)19-27(20-36)29-13-10-25(18-23(29)2)30-7-5-4-6-26(30)21-37-3/h4-13,16-18,27H,14-15,19-21,36H2,1-3H3. The first-order valence-electron chi connectivity index (χ1n) is 13.1. The summed E-state index contributed by atoms with van der Waals surface area (Å²) >= 11 is 12.5. The third-order valence-corrected chi connectivity index (χ3v) is 7.33. The second-order valence-electron chi connectivity index (χ2n) is 9.70. The van der Waals surface area contributed by atoms with Gasteiger partial charge in [0.1, 0.15) is 19.0 Å². The van der Waals surface area contributed by atoms with Gasteiger partial charge in [0.2, 0.25) is 0 Å². The molecule has 0 saturated heterocycles. The molecule has 6 heteroatoms. The van der Waals surface area contributed by atoms with E-state index in [9.17, 15) is 0 Å². The van der Waals surface area contributed by atoms with Crippen molar-refractivity contribution in [2.75, 3.05) is 26.9 Å². The number of ether oxygens (including phenoxy) is 3. The van der Waals surface area contributed by atoms with Crippen LogP contribution in [-0.4, -0.2) is 26.9 Å². The Kier molecular flexibility index (Phi) is 10.3. The first-order valence-corrected chi connectivity index (χ1v) is 13.8. The summed E-state index contributed by atoms with van der Waals surface area (Å²) in [6, 6.07) is 26.8. The van der Waals surface area contributed by atoms with Gasteiger partial charge in [0.05, 0.1) is 16.7 Å². The minimum atomic E-state index is 0.220. The average molecular weight is 565 g/mol. The molecule has 0 amide bonds. The monoisotopic (exact) mass is 563 g/mol. The van der Waals surface area contributed by atoms with E-state index >= 15 is 0 Å². The molecule has 4 rings (SSSR count). The van der Waals surface area contributed by atoms with Crippen LogP contribution in [0.3, 0.4) is 0 Å². The van der Waals surface area contributed by atoms with E-state index in [-0.39, 0.29) is 5.92 Å². The van der Waals surface area contributed by atoms with E-state index in [0.717, 1.165) is 17.7 Å². The van der Waals surface area contributed by atoms with Gasteiger partial charge in [0.25, 0.3) is 0 Å². The Labute approximate surface area is 241 Å². The summed E-state index contributed by atoms with van der Waals surface area (Å²) in [5.74, 6) is 1.48. The van der Waals surface area contributed by atoms with Crippen molar-refractivity contribution in [2.24, 2.45) is 5.73 Å². The van der Waals surface area contributed by atoms with E-state index in [1.807, 2.05) is 37.3 Å². The van der Waals surface area contributed by atoms with Gasteiger partial charge in [-0.05, 0) is 90.0 Å². The molecule has 0 aliphatic carbocycles. The summed E-state index contributed by atoms with van der Waals surface area (Å²) in [6.45, 7) is 5.97. The van der Waals surface area contributed by atoms with Crippen LogP contribution in [0.15, 0.2) is 78.9 Å². The van der Waals surface area contributed by atoms with Crippen LogP contribution < -0.4 is 15.2 Å². The van der Waals surface area contributed by atoms with Crippen LogP contribution in [0, 0.1) is 13.8 Å². The number of nitrogens with two attached hydrogens (primary N) is 1. The van der Waals surface area contributed by atoms with Crippen LogP contribution in [0.2, 0.25) is 10.0 Å². The lowest BCUT2D eigenvalue weighted by atomic mass is 9.87. The lowest BCUT2D eigenvalue weighted by molar-refractivity contribution is 0.185. The fraction of sp³-hybridized carbons (Fsp3) is 0.273. The van der Waals surface area contributed by atoms with E-state index in [2.05, 4.69) is 55.5 Å². The fourth-order valence-electron chi connectivity index (χ4n) is 4.84. The van der Waals surface area contributed by atoms with Crippen LogP contribution in [0.25, 0.3) is 11.1 Å². The molecule has 2 N–H and O–H groups in total. The van der Waals surface area contributed by atoms with Crippen molar-refractivity contribution in [2.45, 2.75) is 32.8 Å². The zero-order chi connectivity index (χ0) is 27.8. The smallest absolute Gasteiger partial charge is 0.156 e. The number of hydrogen-bond donors (Lipinski definition) is 1. The highest BCUT2D eigenvalue weighted by Crippen LogP contribution is 2.34. The molecule has 0 aliphatic heterocycles. The van der Waals surface area contributed by atoms with Gasteiger partial charge in [-0.25, -0.2) is 0 Å². The lowest BCUT2D eigenvalue weighted by Crippen LogP contribution is -2.16. The molecule has 1 unspecified atom stereocenters. The Morgan fingerprint density at radius 2 is 1.51 bits per heavy atom. The van der Waals surface area contributed by atoms with Gasteiger partial charge in [-0.15, -0.1) is 0 Å².